The van der Waals surface area contributed by atoms with Crippen LogP contribution >= 0.6 is 0 Å². The molecule has 0 aliphatic rings. The predicted molar refractivity (Wildman–Crippen MR) is 135 cm³/mol. The zero-order chi connectivity index (χ0) is 23.2. The van der Waals surface area contributed by atoms with Gasteiger partial charge in [0, 0.05) is 13.7 Å². The fraction of sp³-hybridized carbons (Fsp3) is 0.414. The van der Waals surface area contributed by atoms with Gasteiger partial charge in [0.15, 0.2) is 0 Å². The van der Waals surface area contributed by atoms with E-state index in [0.29, 0.717) is 19.1 Å². The Balaban J connectivity index is 2.15. The summed E-state index contributed by atoms with van der Waals surface area (Å²) in [6, 6.07) is 21.2. The summed E-state index contributed by atoms with van der Waals surface area (Å²) in [5, 5.41) is 3.14. The largest absolute Gasteiger partial charge is 0.384 e. The van der Waals surface area contributed by atoms with Gasteiger partial charge < -0.3 is 10.1 Å². The van der Waals surface area contributed by atoms with Gasteiger partial charge in [0.2, 0.25) is 5.91 Å². The van der Waals surface area contributed by atoms with Crippen molar-refractivity contribution in [1.82, 2.24) is 5.32 Å². The normalized spacial score (nSPS) is 14.8. The minimum absolute atomic E-state index is 0.0703. The summed E-state index contributed by atoms with van der Waals surface area (Å²) < 4.78 is 5.50. The van der Waals surface area contributed by atoms with Crippen LogP contribution in [0.4, 0.5) is 0 Å². The highest BCUT2D eigenvalue weighted by molar-refractivity contribution is 5.79. The van der Waals surface area contributed by atoms with Crippen molar-refractivity contribution in [3.63, 3.8) is 0 Å². The first kappa shape index (κ1) is 25.6. The Hall–Kier alpha value is -2.65. The molecule has 1 N–H and O–H groups in total. The second kappa shape index (κ2) is 14.4. The summed E-state index contributed by atoms with van der Waals surface area (Å²) in [6.07, 6.45) is 9.07. The first-order valence-electron chi connectivity index (χ1n) is 11.7. The number of ether oxygens (including phenoxy) is 1. The predicted octanol–water partition coefficient (Wildman–Crippen LogP) is 6.02. The highest BCUT2D eigenvalue weighted by Gasteiger charge is 2.31. The zero-order valence-electron chi connectivity index (χ0n) is 20.1. The van der Waals surface area contributed by atoms with E-state index in [1.165, 1.54) is 11.1 Å². The SMILES string of the molecule is CC=CC(=CC)CNC(=O)C(COC)C(C)C(CCc1ccccc1)Cc1ccccc1. The summed E-state index contributed by atoms with van der Waals surface area (Å²) in [5.41, 5.74) is 3.77. The van der Waals surface area contributed by atoms with E-state index in [0.717, 1.165) is 24.8 Å². The number of hydrogen-bond donors (Lipinski definition) is 1. The zero-order valence-corrected chi connectivity index (χ0v) is 20.1. The third-order valence-electron chi connectivity index (χ3n) is 6.27. The summed E-state index contributed by atoms with van der Waals surface area (Å²) in [7, 11) is 1.68. The summed E-state index contributed by atoms with van der Waals surface area (Å²) in [4.78, 5) is 13.2. The third kappa shape index (κ3) is 8.47. The van der Waals surface area contributed by atoms with Crippen molar-refractivity contribution >= 4 is 5.91 Å². The molecule has 0 bridgehead atoms. The van der Waals surface area contributed by atoms with E-state index in [4.69, 9.17) is 4.74 Å². The molecule has 0 saturated heterocycles. The van der Waals surface area contributed by atoms with E-state index in [1.54, 1.807) is 7.11 Å². The number of amides is 1. The van der Waals surface area contributed by atoms with Gasteiger partial charge in [-0.15, -0.1) is 0 Å². The molecule has 2 aromatic rings. The number of methoxy groups -OCH3 is 1. The molecule has 0 aliphatic carbocycles. The van der Waals surface area contributed by atoms with Crippen molar-refractivity contribution in [3.8, 4) is 0 Å². The van der Waals surface area contributed by atoms with Crippen LogP contribution in [-0.2, 0) is 22.4 Å². The Kier molecular flexibility index (Phi) is 11.5. The van der Waals surface area contributed by atoms with Gasteiger partial charge >= 0.3 is 0 Å². The number of nitrogens with one attached hydrogen (secondary N) is 1. The Morgan fingerprint density at radius 1 is 1.00 bits per heavy atom. The van der Waals surface area contributed by atoms with Crippen LogP contribution in [0.1, 0.15) is 38.3 Å². The monoisotopic (exact) mass is 433 g/mol. The number of carbonyl (C=O) groups excluding carboxylic acids is 1. The number of carbonyl (C=O) groups is 1. The Bertz CT molecular complexity index is 842. The van der Waals surface area contributed by atoms with Crippen molar-refractivity contribution in [3.05, 3.63) is 95.6 Å². The lowest BCUT2D eigenvalue weighted by Gasteiger charge is -2.30. The molecule has 3 unspecified atom stereocenters. The quantitative estimate of drug-likeness (QED) is 0.393. The van der Waals surface area contributed by atoms with Crippen LogP contribution in [0.2, 0.25) is 0 Å². The third-order valence-corrected chi connectivity index (χ3v) is 6.27. The number of aryl methyl sites for hydroxylation is 1. The first-order chi connectivity index (χ1) is 15.6. The first-order valence-corrected chi connectivity index (χ1v) is 11.7. The van der Waals surface area contributed by atoms with Gasteiger partial charge in [-0.25, -0.2) is 0 Å². The molecule has 172 valence electrons. The number of allylic oxidation sites excluding steroid dienone is 2. The smallest absolute Gasteiger partial charge is 0.225 e. The highest BCUT2D eigenvalue weighted by atomic mass is 16.5. The molecule has 3 heteroatoms. The molecule has 0 heterocycles. The lowest BCUT2D eigenvalue weighted by molar-refractivity contribution is -0.129. The van der Waals surface area contributed by atoms with Crippen LogP contribution in [-0.4, -0.2) is 26.2 Å². The Morgan fingerprint density at radius 3 is 2.19 bits per heavy atom. The average Bonchev–Trinajstić information content (AvgIpc) is 2.83. The molecule has 0 aliphatic heterocycles. The summed E-state index contributed by atoms with van der Waals surface area (Å²) in [6.45, 7) is 7.17. The van der Waals surface area contributed by atoms with Crippen molar-refractivity contribution in [2.24, 2.45) is 17.8 Å². The van der Waals surface area contributed by atoms with Crippen molar-refractivity contribution < 1.29 is 9.53 Å². The molecule has 0 aromatic heterocycles. The van der Waals surface area contributed by atoms with Crippen LogP contribution in [0.5, 0.6) is 0 Å². The fourth-order valence-corrected chi connectivity index (χ4v) is 4.23. The van der Waals surface area contributed by atoms with E-state index in [-0.39, 0.29) is 17.7 Å². The van der Waals surface area contributed by atoms with Gasteiger partial charge in [-0.05, 0) is 61.6 Å². The standard InChI is InChI=1S/C29H39NO2/c1-5-13-24(6-2)21-30-29(31)28(22-32-4)23(3)27(20-26-16-11-8-12-17-26)19-18-25-14-9-7-10-15-25/h5-17,23,27-28H,18-22H2,1-4H3,(H,30,31). The molecule has 2 rings (SSSR count). The lowest BCUT2D eigenvalue weighted by Crippen LogP contribution is -2.40. The Labute approximate surface area is 194 Å². The summed E-state index contributed by atoms with van der Waals surface area (Å²) >= 11 is 0. The Morgan fingerprint density at radius 2 is 1.62 bits per heavy atom. The lowest BCUT2D eigenvalue weighted by atomic mass is 9.76. The van der Waals surface area contributed by atoms with Gasteiger partial charge in [0.05, 0.1) is 12.5 Å². The molecule has 32 heavy (non-hydrogen) atoms. The molecule has 0 spiro atoms. The van der Waals surface area contributed by atoms with E-state index >= 15 is 0 Å². The van der Waals surface area contributed by atoms with E-state index in [1.807, 2.05) is 32.1 Å². The molecule has 2 aromatic carbocycles. The van der Waals surface area contributed by atoms with E-state index < -0.39 is 0 Å². The molecule has 0 radical (unpaired) electrons. The van der Waals surface area contributed by atoms with Gasteiger partial charge in [-0.1, -0.05) is 85.8 Å². The number of benzene rings is 2. The summed E-state index contributed by atoms with van der Waals surface area (Å²) in [5.74, 6) is 0.448. The topological polar surface area (TPSA) is 38.3 Å². The second-order valence-corrected chi connectivity index (χ2v) is 8.48. The van der Waals surface area contributed by atoms with Crippen LogP contribution in [0.3, 0.4) is 0 Å². The van der Waals surface area contributed by atoms with E-state index in [2.05, 4.69) is 72.9 Å². The maximum atomic E-state index is 13.2. The molecule has 0 saturated carbocycles. The van der Waals surface area contributed by atoms with E-state index in [9.17, 15) is 4.79 Å². The fourth-order valence-electron chi connectivity index (χ4n) is 4.23. The van der Waals surface area contributed by atoms with Crippen LogP contribution in [0.15, 0.2) is 84.5 Å². The van der Waals surface area contributed by atoms with Crippen molar-refractivity contribution in [2.75, 3.05) is 20.3 Å². The maximum Gasteiger partial charge on any atom is 0.225 e. The molecular weight excluding hydrogens is 394 g/mol. The minimum Gasteiger partial charge on any atom is -0.384 e. The molecule has 3 nitrogen and oxygen atoms in total. The maximum absolute atomic E-state index is 13.2. The minimum atomic E-state index is -0.187. The molecule has 1 amide bonds. The van der Waals surface area contributed by atoms with Gasteiger partial charge in [0.1, 0.15) is 0 Å². The number of hydrogen-bond acceptors (Lipinski definition) is 2. The average molecular weight is 434 g/mol. The van der Waals surface area contributed by atoms with Gasteiger partial charge in [0.25, 0.3) is 0 Å². The highest BCUT2D eigenvalue weighted by Crippen LogP contribution is 2.29. The van der Waals surface area contributed by atoms with Gasteiger partial charge in [-0.3, -0.25) is 4.79 Å². The van der Waals surface area contributed by atoms with Crippen LogP contribution in [0, 0.1) is 17.8 Å². The van der Waals surface area contributed by atoms with Crippen molar-refractivity contribution in [2.45, 2.75) is 40.0 Å². The molecule has 0 fully saturated rings. The van der Waals surface area contributed by atoms with Crippen molar-refractivity contribution in [1.29, 1.82) is 0 Å². The van der Waals surface area contributed by atoms with Gasteiger partial charge in [-0.2, -0.15) is 0 Å². The molecule has 3 atom stereocenters. The van der Waals surface area contributed by atoms with Crippen LogP contribution in [0.25, 0.3) is 0 Å². The number of rotatable bonds is 13. The second-order valence-electron chi connectivity index (χ2n) is 8.48. The molecular formula is C29H39NO2. The van der Waals surface area contributed by atoms with Crippen LogP contribution < -0.4 is 5.32 Å².